The summed E-state index contributed by atoms with van der Waals surface area (Å²) >= 11 is 0. The first-order valence-corrected chi connectivity index (χ1v) is 10.8. The minimum Gasteiger partial charge on any atom is -0.462 e. The fourth-order valence-corrected chi connectivity index (χ4v) is 5.24. The number of nitrogens with zero attached hydrogens (tertiary/aromatic N) is 1. The van der Waals surface area contributed by atoms with Crippen molar-refractivity contribution >= 4 is 29.4 Å². The van der Waals surface area contributed by atoms with Gasteiger partial charge in [-0.15, -0.1) is 0 Å². The van der Waals surface area contributed by atoms with Gasteiger partial charge in [0.2, 0.25) is 0 Å². The number of Topliss-reactive ketones (excluding diaryl/α,β-unsaturated/α-hetero) is 1. The van der Waals surface area contributed by atoms with Crippen LogP contribution in [0.15, 0.2) is 48.5 Å². The number of fused-ring (bicyclic) bond motifs is 1. The molecular weight excluding hydrogens is 446 g/mol. The summed E-state index contributed by atoms with van der Waals surface area (Å²) in [5.41, 5.74) is 0.250. The van der Waals surface area contributed by atoms with Gasteiger partial charge in [0.15, 0.2) is 12.4 Å². The minimum atomic E-state index is -0.707. The molecule has 3 fully saturated rings. The average Bonchev–Trinajstić information content (AvgIpc) is 3.46. The van der Waals surface area contributed by atoms with Crippen LogP contribution in [0.3, 0.4) is 0 Å². The summed E-state index contributed by atoms with van der Waals surface area (Å²) in [7, 11) is 0. The number of nitro benzene ring substituents is 1. The van der Waals surface area contributed by atoms with Crippen LogP contribution in [-0.4, -0.2) is 41.3 Å². The Kier molecular flexibility index (Phi) is 5.35. The van der Waals surface area contributed by atoms with Crippen LogP contribution in [0.1, 0.15) is 33.6 Å². The molecule has 1 aliphatic heterocycles. The Bertz CT molecular complexity index is 1190. The van der Waals surface area contributed by atoms with Gasteiger partial charge in [-0.1, -0.05) is 0 Å². The Morgan fingerprint density at radius 1 is 1.00 bits per heavy atom. The number of benzene rings is 2. The van der Waals surface area contributed by atoms with E-state index in [0.29, 0.717) is 6.42 Å². The van der Waals surface area contributed by atoms with Crippen molar-refractivity contribution in [1.29, 1.82) is 0 Å². The Morgan fingerprint density at radius 3 is 2.35 bits per heavy atom. The topological polar surface area (TPSA) is 139 Å². The van der Waals surface area contributed by atoms with Crippen LogP contribution in [0.5, 0.6) is 5.75 Å². The van der Waals surface area contributed by atoms with E-state index in [1.807, 2.05) is 0 Å². The third-order valence-electron chi connectivity index (χ3n) is 6.80. The van der Waals surface area contributed by atoms with E-state index in [-0.39, 0.29) is 46.5 Å². The van der Waals surface area contributed by atoms with Crippen molar-refractivity contribution in [2.24, 2.45) is 23.7 Å². The first-order valence-electron chi connectivity index (χ1n) is 10.8. The number of hydrogen-bond acceptors (Lipinski definition) is 9. The maximum Gasteiger partial charge on any atom is 0.343 e. The molecule has 0 N–H and O–H groups in total. The van der Waals surface area contributed by atoms with Gasteiger partial charge in [-0.2, -0.15) is 0 Å². The summed E-state index contributed by atoms with van der Waals surface area (Å²) < 4.78 is 15.8. The predicted molar refractivity (Wildman–Crippen MR) is 113 cm³/mol. The highest BCUT2D eigenvalue weighted by Crippen LogP contribution is 2.57. The molecule has 0 aromatic heterocycles. The van der Waals surface area contributed by atoms with Crippen LogP contribution in [0, 0.1) is 33.8 Å². The number of esters is 3. The predicted octanol–water partition coefficient (Wildman–Crippen LogP) is 2.74. The fourth-order valence-electron chi connectivity index (χ4n) is 5.24. The van der Waals surface area contributed by atoms with Gasteiger partial charge in [0.05, 0.1) is 22.3 Å². The summed E-state index contributed by atoms with van der Waals surface area (Å²) in [5.74, 6) is -2.74. The molecule has 5 atom stereocenters. The zero-order valence-electron chi connectivity index (χ0n) is 17.7. The van der Waals surface area contributed by atoms with Gasteiger partial charge < -0.3 is 14.2 Å². The van der Waals surface area contributed by atoms with E-state index in [9.17, 15) is 29.3 Å². The van der Waals surface area contributed by atoms with Gasteiger partial charge >= 0.3 is 17.9 Å². The molecule has 34 heavy (non-hydrogen) atoms. The van der Waals surface area contributed by atoms with Crippen LogP contribution in [0.25, 0.3) is 0 Å². The van der Waals surface area contributed by atoms with Gasteiger partial charge in [0.1, 0.15) is 11.9 Å². The SMILES string of the molecule is O=C(COC(=O)[C@@H]1[C@@H]2C[C@@H]3[C@@H]1C(=O)O[C@@H]3C2)c1ccc(OC(=O)c2ccc([N+](=O)[O-])cc2)cc1. The van der Waals surface area contributed by atoms with Gasteiger partial charge in [-0.25, -0.2) is 4.79 Å². The van der Waals surface area contributed by atoms with Gasteiger partial charge in [-0.05, 0) is 55.2 Å². The Labute approximate surface area is 192 Å². The molecule has 3 aliphatic rings. The lowest BCUT2D eigenvalue weighted by Gasteiger charge is -2.22. The quantitative estimate of drug-likeness (QED) is 0.198. The van der Waals surface area contributed by atoms with Crippen molar-refractivity contribution in [2.75, 3.05) is 6.61 Å². The van der Waals surface area contributed by atoms with Gasteiger partial charge in [0.25, 0.3) is 5.69 Å². The lowest BCUT2D eigenvalue weighted by Crippen LogP contribution is -2.34. The van der Waals surface area contributed by atoms with Crippen molar-refractivity contribution in [3.63, 3.8) is 0 Å². The summed E-state index contributed by atoms with van der Waals surface area (Å²) in [4.78, 5) is 59.4. The normalized spacial score (nSPS) is 26.1. The molecule has 0 spiro atoms. The second kappa shape index (κ2) is 8.36. The molecule has 2 saturated carbocycles. The van der Waals surface area contributed by atoms with E-state index in [0.717, 1.165) is 6.42 Å². The molecule has 2 bridgehead atoms. The molecule has 0 amide bonds. The maximum atomic E-state index is 12.6. The lowest BCUT2D eigenvalue weighted by atomic mass is 9.80. The molecule has 1 heterocycles. The molecule has 1 saturated heterocycles. The highest BCUT2D eigenvalue weighted by Gasteiger charge is 2.64. The van der Waals surface area contributed by atoms with E-state index >= 15 is 0 Å². The maximum absolute atomic E-state index is 12.6. The Hall–Kier alpha value is -4.08. The first-order chi connectivity index (χ1) is 16.3. The molecule has 0 unspecified atom stereocenters. The number of non-ortho nitro benzene ring substituents is 1. The van der Waals surface area contributed by atoms with Gasteiger partial charge in [0, 0.05) is 23.6 Å². The van der Waals surface area contributed by atoms with Crippen LogP contribution in [-0.2, 0) is 19.1 Å². The highest BCUT2D eigenvalue weighted by molar-refractivity contribution is 5.98. The third-order valence-corrected chi connectivity index (χ3v) is 6.80. The number of nitro groups is 1. The van der Waals surface area contributed by atoms with Crippen molar-refractivity contribution < 1.29 is 38.3 Å². The van der Waals surface area contributed by atoms with E-state index in [4.69, 9.17) is 14.2 Å². The number of rotatable bonds is 7. The largest absolute Gasteiger partial charge is 0.462 e. The van der Waals surface area contributed by atoms with Crippen molar-refractivity contribution in [2.45, 2.75) is 18.9 Å². The third kappa shape index (κ3) is 3.81. The molecule has 2 aromatic rings. The van der Waals surface area contributed by atoms with Crippen molar-refractivity contribution in [1.82, 2.24) is 0 Å². The molecule has 10 nitrogen and oxygen atoms in total. The molecule has 2 aliphatic carbocycles. The average molecular weight is 465 g/mol. The van der Waals surface area contributed by atoms with Crippen LogP contribution >= 0.6 is 0 Å². The zero-order chi connectivity index (χ0) is 24.0. The number of hydrogen-bond donors (Lipinski definition) is 0. The number of carbonyl (C=O) groups excluding carboxylic acids is 4. The van der Waals surface area contributed by atoms with E-state index in [2.05, 4.69) is 0 Å². The molecule has 10 heteroatoms. The molecule has 2 aromatic carbocycles. The standard InChI is InChI=1S/C24H19NO9/c26-18(11-32-23(28)20-14-9-17-19(10-14)34-24(29)21(17)20)12-3-7-16(8-4-12)33-22(27)13-1-5-15(6-2-13)25(30)31/h1-8,14,17,19-21H,9-11H2/t14-,17+,19-,20-,21+/m1/s1. The first kappa shape index (κ1) is 21.7. The number of ether oxygens (including phenoxy) is 3. The van der Waals surface area contributed by atoms with E-state index in [1.165, 1.54) is 48.5 Å². The monoisotopic (exact) mass is 465 g/mol. The Balaban J connectivity index is 1.15. The summed E-state index contributed by atoms with van der Waals surface area (Å²) in [6, 6.07) is 10.7. The molecule has 174 valence electrons. The minimum absolute atomic E-state index is 0.0544. The Morgan fingerprint density at radius 2 is 1.68 bits per heavy atom. The number of carbonyl (C=O) groups is 4. The molecule has 0 radical (unpaired) electrons. The zero-order valence-corrected chi connectivity index (χ0v) is 17.7. The highest BCUT2D eigenvalue weighted by atomic mass is 16.6. The van der Waals surface area contributed by atoms with Crippen LogP contribution in [0.2, 0.25) is 0 Å². The second-order valence-corrected chi connectivity index (χ2v) is 8.67. The van der Waals surface area contributed by atoms with Gasteiger partial charge in [-0.3, -0.25) is 24.5 Å². The van der Waals surface area contributed by atoms with Crippen molar-refractivity contribution in [3.8, 4) is 5.75 Å². The summed E-state index contributed by atoms with van der Waals surface area (Å²) in [6.07, 6.45) is 1.36. The van der Waals surface area contributed by atoms with Crippen molar-refractivity contribution in [3.05, 3.63) is 69.8 Å². The number of ketones is 1. The van der Waals surface area contributed by atoms with Crippen LogP contribution in [0.4, 0.5) is 5.69 Å². The fraction of sp³-hybridized carbons (Fsp3) is 0.333. The van der Waals surface area contributed by atoms with Crippen LogP contribution < -0.4 is 4.74 Å². The van der Waals surface area contributed by atoms with E-state index in [1.54, 1.807) is 0 Å². The summed E-state index contributed by atoms with van der Waals surface area (Å²) in [6.45, 7) is -0.458. The molecular formula is C24H19NO9. The summed E-state index contributed by atoms with van der Waals surface area (Å²) in [5, 5.41) is 10.7. The van der Waals surface area contributed by atoms with E-state index < -0.39 is 41.1 Å². The smallest absolute Gasteiger partial charge is 0.343 e. The lowest BCUT2D eigenvalue weighted by molar-refractivity contribution is -0.384. The second-order valence-electron chi connectivity index (χ2n) is 8.67. The molecule has 5 rings (SSSR count).